The fourth-order valence-electron chi connectivity index (χ4n) is 2.99. The van der Waals surface area contributed by atoms with E-state index in [0.717, 1.165) is 28.1 Å². The van der Waals surface area contributed by atoms with Crippen molar-refractivity contribution in [2.45, 2.75) is 17.5 Å². The van der Waals surface area contributed by atoms with Gasteiger partial charge in [0, 0.05) is 30.4 Å². The van der Waals surface area contributed by atoms with Gasteiger partial charge >= 0.3 is 0 Å². The summed E-state index contributed by atoms with van der Waals surface area (Å²) in [7, 11) is 1.79. The average Bonchev–Trinajstić information content (AvgIpc) is 3.15. The molecule has 3 aromatic rings. The second-order valence-electron chi connectivity index (χ2n) is 6.82. The second-order valence-corrected chi connectivity index (χ2v) is 7.61. The van der Waals surface area contributed by atoms with Gasteiger partial charge in [-0.3, -0.25) is 4.79 Å². The number of nitrogens with one attached hydrogen (secondary N) is 3. The lowest BCUT2D eigenvalue weighted by Crippen LogP contribution is -2.55. The predicted molar refractivity (Wildman–Crippen MR) is 99.8 cm³/mol. The van der Waals surface area contributed by atoms with Gasteiger partial charge in [0.2, 0.25) is 0 Å². The molecule has 3 N–H and O–H groups in total. The molecule has 1 fully saturated rings. The Morgan fingerprint density at radius 2 is 2.07 bits per heavy atom. The number of amides is 1. The highest BCUT2D eigenvalue weighted by atomic mass is 32.2. The summed E-state index contributed by atoms with van der Waals surface area (Å²) in [5.74, 6) is -2.38. The van der Waals surface area contributed by atoms with Gasteiger partial charge in [-0.25, -0.2) is 13.5 Å². The minimum absolute atomic E-state index is 0.109. The van der Waals surface area contributed by atoms with Crippen molar-refractivity contribution in [3.8, 4) is 0 Å². The Balaban J connectivity index is 1.62. The first-order valence-electron chi connectivity index (χ1n) is 8.32. The molecule has 3 heterocycles. The molecule has 1 aliphatic heterocycles. The number of anilines is 1. The summed E-state index contributed by atoms with van der Waals surface area (Å²) in [4.78, 5) is 16.0. The summed E-state index contributed by atoms with van der Waals surface area (Å²) in [6.07, 6.45) is 1.76. The fourth-order valence-corrected chi connectivity index (χ4v) is 3.95. The number of halogens is 2. The monoisotopic (exact) mass is 392 g/mol. The molecule has 0 bridgehead atoms. The Morgan fingerprint density at radius 3 is 2.74 bits per heavy atom. The minimum atomic E-state index is -1.01. The van der Waals surface area contributed by atoms with Crippen LogP contribution in [-0.4, -0.2) is 34.2 Å². The van der Waals surface area contributed by atoms with Crippen LogP contribution in [0.1, 0.15) is 17.4 Å². The third-order valence-electron chi connectivity index (χ3n) is 4.48. The largest absolute Gasteiger partial charge is 0.377 e. The predicted octanol–water partition coefficient (Wildman–Crippen LogP) is 3.42. The van der Waals surface area contributed by atoms with Gasteiger partial charge in [-0.1, -0.05) is 0 Å². The van der Waals surface area contributed by atoms with E-state index in [1.165, 1.54) is 18.0 Å². The van der Waals surface area contributed by atoms with Crippen LogP contribution in [0.2, 0.25) is 0 Å². The van der Waals surface area contributed by atoms with E-state index in [9.17, 15) is 13.6 Å². The van der Waals surface area contributed by atoms with Crippen molar-refractivity contribution >= 4 is 34.4 Å². The lowest BCUT2D eigenvalue weighted by molar-refractivity contribution is -0.0510. The first-order chi connectivity index (χ1) is 12.9. The lowest BCUT2D eigenvalue weighted by Gasteiger charge is -2.38. The van der Waals surface area contributed by atoms with Crippen molar-refractivity contribution in [2.75, 3.05) is 18.5 Å². The number of aromatic nitrogens is 2. The molecule has 0 atom stereocenters. The normalized spacial score (nSPS) is 15.7. The second kappa shape index (κ2) is 6.66. The van der Waals surface area contributed by atoms with Gasteiger partial charge in [-0.15, -0.1) is 0 Å². The number of aromatic amines is 1. The van der Waals surface area contributed by atoms with Crippen molar-refractivity contribution < 1.29 is 18.3 Å². The van der Waals surface area contributed by atoms with Crippen LogP contribution in [0.4, 0.5) is 14.5 Å². The topological polar surface area (TPSA) is 71.1 Å². The zero-order valence-electron chi connectivity index (χ0n) is 14.7. The maximum Gasteiger partial charge on any atom is 0.273 e. The number of benzene rings is 1. The van der Waals surface area contributed by atoms with Crippen LogP contribution in [0.15, 0.2) is 35.5 Å². The van der Waals surface area contributed by atoms with Crippen molar-refractivity contribution in [1.82, 2.24) is 14.3 Å². The highest BCUT2D eigenvalue weighted by molar-refractivity contribution is 7.97. The summed E-state index contributed by atoms with van der Waals surface area (Å²) < 4.78 is 36.9. The summed E-state index contributed by atoms with van der Waals surface area (Å²) in [6.45, 7) is 3.32. The number of H-pyrrole nitrogens is 1. The maximum absolute atomic E-state index is 13.4. The van der Waals surface area contributed by atoms with Crippen molar-refractivity contribution in [3.05, 3.63) is 47.8 Å². The third kappa shape index (κ3) is 3.22. The Morgan fingerprint density at radius 1 is 1.30 bits per heavy atom. The van der Waals surface area contributed by atoms with Crippen LogP contribution in [0.3, 0.4) is 0 Å². The molecular weight excluding hydrogens is 374 g/mol. The summed E-state index contributed by atoms with van der Waals surface area (Å²) in [6, 6.07) is 5.07. The fraction of sp³-hybridized carbons (Fsp3) is 0.278. The number of nitrogens with zero attached hydrogens (tertiary/aromatic N) is 1. The zero-order chi connectivity index (χ0) is 19.2. The number of carbonyl (C=O) groups excluding carboxylic acids is 1. The van der Waals surface area contributed by atoms with E-state index >= 15 is 0 Å². The SMILES string of the molecule is Cn1c(C(=O)Nc2ccc(F)c(F)c2)c2cc[nH]c2c1SNC1(C)COC1. The van der Waals surface area contributed by atoms with E-state index in [-0.39, 0.29) is 11.2 Å². The molecule has 9 heteroatoms. The van der Waals surface area contributed by atoms with Gasteiger partial charge in [0.25, 0.3) is 5.91 Å². The Bertz CT molecular complexity index is 1030. The molecule has 4 rings (SSSR count). The summed E-state index contributed by atoms with van der Waals surface area (Å²) >= 11 is 1.43. The van der Waals surface area contributed by atoms with Crippen molar-refractivity contribution in [1.29, 1.82) is 0 Å². The van der Waals surface area contributed by atoms with Crippen LogP contribution in [-0.2, 0) is 11.8 Å². The molecule has 0 unspecified atom stereocenters. The number of hydrogen-bond acceptors (Lipinski definition) is 4. The molecule has 1 aromatic carbocycles. The quantitative estimate of drug-likeness (QED) is 0.582. The molecule has 0 saturated carbocycles. The smallest absolute Gasteiger partial charge is 0.273 e. The Labute approximate surface area is 158 Å². The van der Waals surface area contributed by atoms with E-state index in [0.29, 0.717) is 18.9 Å². The Hall–Kier alpha value is -2.36. The van der Waals surface area contributed by atoms with E-state index in [2.05, 4.69) is 21.9 Å². The van der Waals surface area contributed by atoms with Gasteiger partial charge in [0.05, 0.1) is 24.3 Å². The molecule has 1 aliphatic rings. The van der Waals surface area contributed by atoms with Gasteiger partial charge in [-0.2, -0.15) is 0 Å². The van der Waals surface area contributed by atoms with Crippen LogP contribution >= 0.6 is 11.9 Å². The molecule has 142 valence electrons. The van der Waals surface area contributed by atoms with E-state index in [4.69, 9.17) is 4.74 Å². The number of carbonyl (C=O) groups is 1. The maximum atomic E-state index is 13.4. The van der Waals surface area contributed by atoms with Gasteiger partial charge in [0.15, 0.2) is 11.6 Å². The zero-order valence-corrected chi connectivity index (χ0v) is 15.5. The van der Waals surface area contributed by atoms with Crippen molar-refractivity contribution in [2.24, 2.45) is 7.05 Å². The lowest BCUT2D eigenvalue weighted by atomic mass is 10.0. The average molecular weight is 392 g/mol. The molecule has 1 saturated heterocycles. The van der Waals surface area contributed by atoms with Crippen LogP contribution < -0.4 is 10.0 Å². The van der Waals surface area contributed by atoms with Crippen LogP contribution in [0.5, 0.6) is 0 Å². The minimum Gasteiger partial charge on any atom is -0.377 e. The molecule has 1 amide bonds. The Kier molecular flexibility index (Phi) is 4.45. The number of fused-ring (bicyclic) bond motifs is 1. The van der Waals surface area contributed by atoms with Crippen LogP contribution in [0.25, 0.3) is 10.9 Å². The van der Waals surface area contributed by atoms with Gasteiger partial charge < -0.3 is 19.6 Å². The number of rotatable bonds is 5. The van der Waals surface area contributed by atoms with Gasteiger partial charge in [0.1, 0.15) is 10.7 Å². The molecule has 6 nitrogen and oxygen atoms in total. The van der Waals surface area contributed by atoms with Crippen LogP contribution in [0, 0.1) is 11.6 Å². The highest BCUT2D eigenvalue weighted by Gasteiger charge is 2.34. The highest BCUT2D eigenvalue weighted by Crippen LogP contribution is 2.33. The van der Waals surface area contributed by atoms with E-state index in [1.54, 1.807) is 17.8 Å². The van der Waals surface area contributed by atoms with E-state index < -0.39 is 17.5 Å². The molecule has 0 spiro atoms. The molecular formula is C18H18F2N4O2S. The standard InChI is InChI=1S/C18H18F2N4O2S/c1-18(8-26-9-18)23-27-17-14-11(5-6-21-14)15(24(17)2)16(25)22-10-3-4-12(19)13(20)7-10/h3-7,21,23H,8-9H2,1-2H3,(H,22,25). The summed E-state index contributed by atoms with van der Waals surface area (Å²) in [5, 5.41) is 4.22. The number of ether oxygens (including phenoxy) is 1. The number of hydrogen-bond donors (Lipinski definition) is 3. The van der Waals surface area contributed by atoms with Gasteiger partial charge in [-0.05, 0) is 37.1 Å². The van der Waals surface area contributed by atoms with E-state index in [1.807, 2.05) is 6.07 Å². The molecule has 27 heavy (non-hydrogen) atoms. The first-order valence-corrected chi connectivity index (χ1v) is 9.13. The first kappa shape index (κ1) is 18.0. The molecule has 0 radical (unpaired) electrons. The third-order valence-corrected chi connectivity index (χ3v) is 5.75. The molecule has 2 aromatic heterocycles. The van der Waals surface area contributed by atoms with Crippen molar-refractivity contribution in [3.63, 3.8) is 0 Å². The summed E-state index contributed by atoms with van der Waals surface area (Å²) in [5.41, 5.74) is 1.34. The molecule has 0 aliphatic carbocycles.